The number of carbonyl (C=O) groups is 1. The summed E-state index contributed by atoms with van der Waals surface area (Å²) in [6.45, 7) is -1.67. The van der Waals surface area contributed by atoms with E-state index < -0.39 is 92.6 Å². The lowest BCUT2D eigenvalue weighted by Crippen LogP contribution is -2.67. The molecule has 14 nitrogen and oxygen atoms in total. The molecule has 29 heavy (non-hydrogen) atoms. The topological polar surface area (TPSA) is 253 Å². The van der Waals surface area contributed by atoms with Crippen LogP contribution in [0.15, 0.2) is 0 Å². The summed E-state index contributed by atoms with van der Waals surface area (Å²) in [5.74, 6) is -4.35. The maximum Gasteiger partial charge on any atom is 0.364 e. The Morgan fingerprint density at radius 1 is 1.14 bits per heavy atom. The molecule has 0 bridgehead atoms. The van der Waals surface area contributed by atoms with Gasteiger partial charge >= 0.3 is 5.97 Å². The SMILES string of the molecule is N[C@H]1C([C@H](O)[C@H](O)CO)O[C@@](OCC2O[C@@H](O)[C@@H](O)C(O)[C@@H]2O)(C(=O)O)C[C@H]1O. The van der Waals surface area contributed by atoms with E-state index in [-0.39, 0.29) is 0 Å². The second-order valence-electron chi connectivity index (χ2n) is 7.08. The minimum absolute atomic E-state index is 0.710. The molecule has 2 aliphatic heterocycles. The highest BCUT2D eigenvalue weighted by Crippen LogP contribution is 2.33. The zero-order valence-electron chi connectivity index (χ0n) is 15.1. The molecule has 0 spiro atoms. The predicted molar refractivity (Wildman–Crippen MR) is 87.8 cm³/mol. The van der Waals surface area contributed by atoms with Gasteiger partial charge in [-0.05, 0) is 0 Å². The van der Waals surface area contributed by atoms with E-state index in [2.05, 4.69) is 0 Å². The number of aliphatic hydroxyl groups excluding tert-OH is 8. The zero-order valence-corrected chi connectivity index (χ0v) is 15.1. The molecule has 0 aromatic rings. The standard InChI is InChI=1S/C15H27NO13/c16-7-4(18)1-15(14(25)26,29-12(7)8(20)5(19)2-17)27-3-6-9(21)10(22)11(23)13(24)28-6/h4-13,17-24H,1-3,16H2,(H,25,26)/t4-,5-,6?,7-,8-,9-,10?,11+,12?,13-,15-/m1/s1. The molecule has 0 aliphatic carbocycles. The van der Waals surface area contributed by atoms with Crippen LogP contribution in [0.25, 0.3) is 0 Å². The van der Waals surface area contributed by atoms with Crippen molar-refractivity contribution in [2.24, 2.45) is 5.73 Å². The molecule has 2 aliphatic rings. The molecule has 0 aromatic carbocycles. The summed E-state index contributed by atoms with van der Waals surface area (Å²) < 4.78 is 15.4. The number of ether oxygens (including phenoxy) is 3. The van der Waals surface area contributed by atoms with Crippen LogP contribution >= 0.6 is 0 Å². The number of nitrogens with two attached hydrogens (primary N) is 1. The molecule has 0 radical (unpaired) electrons. The van der Waals surface area contributed by atoms with Crippen molar-refractivity contribution in [2.45, 2.75) is 73.4 Å². The van der Waals surface area contributed by atoms with Crippen molar-refractivity contribution in [1.82, 2.24) is 0 Å². The molecule has 170 valence electrons. The zero-order chi connectivity index (χ0) is 22.1. The molecule has 14 heteroatoms. The minimum atomic E-state index is -2.61. The van der Waals surface area contributed by atoms with Gasteiger partial charge in [-0.25, -0.2) is 4.79 Å². The minimum Gasteiger partial charge on any atom is -0.477 e. The Labute approximate surface area is 164 Å². The fourth-order valence-electron chi connectivity index (χ4n) is 3.18. The average Bonchev–Trinajstić information content (AvgIpc) is 2.69. The van der Waals surface area contributed by atoms with Gasteiger partial charge in [0.25, 0.3) is 5.79 Å². The van der Waals surface area contributed by atoms with Crippen LogP contribution < -0.4 is 5.73 Å². The molecule has 0 aromatic heterocycles. The highest BCUT2D eigenvalue weighted by atomic mass is 16.7. The Hall–Kier alpha value is -1.01. The number of hydrogen-bond donors (Lipinski definition) is 10. The third kappa shape index (κ3) is 4.84. The Balaban J connectivity index is 2.19. The summed E-state index contributed by atoms with van der Waals surface area (Å²) in [5, 5.41) is 87.0. The Morgan fingerprint density at radius 2 is 1.76 bits per heavy atom. The molecule has 11 N–H and O–H groups in total. The molecule has 2 heterocycles. The van der Waals surface area contributed by atoms with Gasteiger partial charge in [0.05, 0.1) is 25.4 Å². The molecule has 0 amide bonds. The Kier molecular flexibility index (Phi) is 7.88. The molecule has 11 atom stereocenters. The summed E-state index contributed by atoms with van der Waals surface area (Å²) in [5.41, 5.74) is 5.72. The molecular weight excluding hydrogens is 402 g/mol. The normalized spacial score (nSPS) is 45.6. The summed E-state index contributed by atoms with van der Waals surface area (Å²) in [6, 6.07) is -1.34. The highest BCUT2D eigenvalue weighted by Gasteiger charge is 2.55. The first-order valence-electron chi connectivity index (χ1n) is 8.78. The van der Waals surface area contributed by atoms with Crippen molar-refractivity contribution in [3.63, 3.8) is 0 Å². The van der Waals surface area contributed by atoms with Gasteiger partial charge < -0.3 is 65.9 Å². The van der Waals surface area contributed by atoms with Crippen molar-refractivity contribution in [3.05, 3.63) is 0 Å². The Morgan fingerprint density at radius 3 is 2.31 bits per heavy atom. The molecule has 3 unspecified atom stereocenters. The number of carboxylic acid groups (broad SMARTS) is 1. The third-order valence-electron chi connectivity index (χ3n) is 5.04. The fraction of sp³-hybridized carbons (Fsp3) is 0.933. The second-order valence-corrected chi connectivity index (χ2v) is 7.08. The number of aliphatic carboxylic acids is 1. The van der Waals surface area contributed by atoms with Gasteiger partial charge in [-0.3, -0.25) is 0 Å². The molecule has 2 rings (SSSR count). The summed E-state index contributed by atoms with van der Waals surface area (Å²) in [4.78, 5) is 11.8. The first-order chi connectivity index (χ1) is 13.4. The number of rotatable bonds is 7. The summed E-state index contributed by atoms with van der Waals surface area (Å²) in [7, 11) is 0. The molecule has 2 fully saturated rings. The van der Waals surface area contributed by atoms with Crippen LogP contribution in [0.2, 0.25) is 0 Å². The number of carboxylic acids is 1. The van der Waals surface area contributed by atoms with Crippen LogP contribution in [0.1, 0.15) is 6.42 Å². The van der Waals surface area contributed by atoms with Crippen molar-refractivity contribution in [1.29, 1.82) is 0 Å². The van der Waals surface area contributed by atoms with Crippen LogP contribution in [0.3, 0.4) is 0 Å². The summed E-state index contributed by atoms with van der Waals surface area (Å²) >= 11 is 0. The van der Waals surface area contributed by atoms with Gasteiger partial charge in [0, 0.05) is 6.42 Å². The van der Waals surface area contributed by atoms with Crippen LogP contribution in [0.5, 0.6) is 0 Å². The van der Waals surface area contributed by atoms with E-state index in [9.17, 15) is 45.6 Å². The molecular formula is C15H27NO13. The smallest absolute Gasteiger partial charge is 0.364 e. The van der Waals surface area contributed by atoms with Gasteiger partial charge in [0.2, 0.25) is 0 Å². The maximum atomic E-state index is 11.8. The van der Waals surface area contributed by atoms with Gasteiger partial charge in [-0.15, -0.1) is 0 Å². The number of aliphatic hydroxyl groups is 8. The second kappa shape index (κ2) is 9.42. The predicted octanol–water partition coefficient (Wildman–Crippen LogP) is -6.22. The van der Waals surface area contributed by atoms with E-state index in [1.54, 1.807) is 0 Å². The van der Waals surface area contributed by atoms with Crippen molar-refractivity contribution in [2.75, 3.05) is 13.2 Å². The van der Waals surface area contributed by atoms with Crippen LogP contribution in [0, 0.1) is 0 Å². The van der Waals surface area contributed by atoms with E-state index in [1.807, 2.05) is 0 Å². The first kappa shape index (κ1) is 24.3. The molecule has 2 saturated heterocycles. The van der Waals surface area contributed by atoms with E-state index in [0.29, 0.717) is 0 Å². The van der Waals surface area contributed by atoms with Crippen LogP contribution in [0.4, 0.5) is 0 Å². The van der Waals surface area contributed by atoms with E-state index >= 15 is 0 Å². The van der Waals surface area contributed by atoms with E-state index in [4.69, 9.17) is 25.1 Å². The van der Waals surface area contributed by atoms with Gasteiger partial charge in [-0.2, -0.15) is 0 Å². The van der Waals surface area contributed by atoms with Crippen molar-refractivity contribution in [3.8, 4) is 0 Å². The largest absolute Gasteiger partial charge is 0.477 e. The van der Waals surface area contributed by atoms with E-state index in [1.165, 1.54) is 0 Å². The lowest BCUT2D eigenvalue weighted by atomic mass is 9.89. The maximum absolute atomic E-state index is 11.8. The highest BCUT2D eigenvalue weighted by molar-refractivity contribution is 5.76. The van der Waals surface area contributed by atoms with Crippen molar-refractivity contribution < 1.29 is 65.0 Å². The average molecular weight is 429 g/mol. The van der Waals surface area contributed by atoms with Crippen LogP contribution in [-0.4, -0.2) is 132 Å². The van der Waals surface area contributed by atoms with Crippen molar-refractivity contribution >= 4 is 5.97 Å². The van der Waals surface area contributed by atoms with Gasteiger partial charge in [0.1, 0.15) is 42.7 Å². The fourth-order valence-corrected chi connectivity index (χ4v) is 3.18. The van der Waals surface area contributed by atoms with Crippen LogP contribution in [-0.2, 0) is 19.0 Å². The monoisotopic (exact) mass is 429 g/mol. The number of hydrogen-bond acceptors (Lipinski definition) is 13. The quantitative estimate of drug-likeness (QED) is 0.181. The van der Waals surface area contributed by atoms with Gasteiger partial charge in [0.15, 0.2) is 6.29 Å². The third-order valence-corrected chi connectivity index (χ3v) is 5.04. The lowest BCUT2D eigenvalue weighted by Gasteiger charge is -2.46. The first-order valence-corrected chi connectivity index (χ1v) is 8.78. The Bertz CT molecular complexity index is 566. The van der Waals surface area contributed by atoms with Gasteiger partial charge in [-0.1, -0.05) is 0 Å². The van der Waals surface area contributed by atoms with E-state index in [0.717, 1.165) is 0 Å². The summed E-state index contributed by atoms with van der Waals surface area (Å²) in [6.07, 6.45) is -16.3. The lowest BCUT2D eigenvalue weighted by molar-refractivity contribution is -0.333. The molecule has 0 saturated carbocycles.